The molecule has 4 rings (SSSR count). The maximum absolute atomic E-state index is 13.6. The molecule has 32 heavy (non-hydrogen) atoms. The molecule has 0 fully saturated rings. The fourth-order valence-corrected chi connectivity index (χ4v) is 4.48. The summed E-state index contributed by atoms with van der Waals surface area (Å²) in [5.41, 5.74) is 3.46. The Bertz CT molecular complexity index is 1250. The van der Waals surface area contributed by atoms with Gasteiger partial charge < -0.3 is 5.32 Å². The summed E-state index contributed by atoms with van der Waals surface area (Å²) in [5.74, 6) is 0.214. The normalized spacial score (nSPS) is 13.3. The lowest BCUT2D eigenvalue weighted by atomic mass is 9.84. The van der Waals surface area contributed by atoms with Gasteiger partial charge in [0.25, 0.3) is 5.91 Å². The van der Waals surface area contributed by atoms with Gasteiger partial charge in [-0.25, -0.2) is 4.98 Å². The number of amides is 1. The minimum absolute atomic E-state index is 0.165. The van der Waals surface area contributed by atoms with Crippen LogP contribution in [0.4, 0.5) is 0 Å². The third-order valence-corrected chi connectivity index (χ3v) is 6.09. The number of nitrogens with one attached hydrogen (secondary N) is 1. The van der Waals surface area contributed by atoms with E-state index in [9.17, 15) is 4.79 Å². The molecule has 4 aromatic rings. The fourth-order valence-electron chi connectivity index (χ4n) is 4.23. The van der Waals surface area contributed by atoms with Crippen LogP contribution in [0.1, 0.15) is 43.2 Å². The molecule has 0 saturated heterocycles. The highest BCUT2D eigenvalue weighted by atomic mass is 35.5. The Kier molecular flexibility index (Phi) is 6.27. The van der Waals surface area contributed by atoms with E-state index in [2.05, 4.69) is 31.1 Å². The number of carbonyl (C=O) groups excluding carboxylic acids is 1. The third-order valence-electron chi connectivity index (χ3n) is 5.59. The van der Waals surface area contributed by atoms with Crippen LogP contribution in [0.5, 0.6) is 0 Å². The molecule has 1 unspecified atom stereocenters. The fraction of sp³-hybridized carbons (Fsp3) is 0.231. The zero-order chi connectivity index (χ0) is 22.9. The maximum Gasteiger partial charge on any atom is 0.269 e. The summed E-state index contributed by atoms with van der Waals surface area (Å²) in [6.45, 7) is 6.35. The number of nitrogens with zero attached hydrogens (tertiary/aromatic N) is 2. The summed E-state index contributed by atoms with van der Waals surface area (Å²) in [4.78, 5) is 18.1. The van der Waals surface area contributed by atoms with Gasteiger partial charge in [0.05, 0.1) is 17.4 Å². The van der Waals surface area contributed by atoms with Gasteiger partial charge in [-0.15, -0.1) is 0 Å². The van der Waals surface area contributed by atoms with E-state index in [4.69, 9.17) is 23.2 Å². The number of benzene rings is 2. The molecule has 0 radical (unpaired) electrons. The van der Waals surface area contributed by atoms with E-state index in [1.54, 1.807) is 6.20 Å². The molecular formula is C26H25Cl2N3O. The lowest BCUT2D eigenvalue weighted by molar-refractivity contribution is 0.0886. The molecule has 0 aliphatic heterocycles. The summed E-state index contributed by atoms with van der Waals surface area (Å²) in [5, 5.41) is 4.62. The maximum atomic E-state index is 13.6. The van der Waals surface area contributed by atoms with Crippen molar-refractivity contribution in [3.63, 3.8) is 0 Å². The Morgan fingerprint density at radius 2 is 1.62 bits per heavy atom. The van der Waals surface area contributed by atoms with Crippen molar-refractivity contribution >= 4 is 34.8 Å². The molecule has 1 amide bonds. The number of hydrogen-bond acceptors (Lipinski definition) is 2. The summed E-state index contributed by atoms with van der Waals surface area (Å²) >= 11 is 12.2. The zero-order valence-electron chi connectivity index (χ0n) is 18.3. The number of imidazole rings is 1. The first-order valence-corrected chi connectivity index (χ1v) is 11.3. The van der Waals surface area contributed by atoms with Crippen LogP contribution in [0.15, 0.2) is 72.9 Å². The Morgan fingerprint density at radius 3 is 2.25 bits per heavy atom. The molecule has 0 saturated carbocycles. The standard InChI is InChI=1S/C26H25Cl2N3O/c1-17(2)15-26(3,19-9-13-21(28)14-10-19)30-25(32)22-5-4-6-24-29-16-23(31(22)24)18-7-11-20(27)12-8-18/h4-14,16-17H,15H2,1-3H3,(H,30,32). The van der Waals surface area contributed by atoms with Crippen LogP contribution < -0.4 is 5.32 Å². The Balaban J connectivity index is 1.76. The predicted molar refractivity (Wildman–Crippen MR) is 131 cm³/mol. The van der Waals surface area contributed by atoms with Gasteiger partial charge in [0, 0.05) is 15.6 Å². The number of rotatable bonds is 6. The molecule has 1 N–H and O–H groups in total. The lowest BCUT2D eigenvalue weighted by Crippen LogP contribution is -2.45. The van der Waals surface area contributed by atoms with E-state index in [1.807, 2.05) is 71.1 Å². The summed E-state index contributed by atoms with van der Waals surface area (Å²) < 4.78 is 1.89. The van der Waals surface area contributed by atoms with Gasteiger partial charge >= 0.3 is 0 Å². The Hall–Kier alpha value is -2.82. The minimum atomic E-state index is -0.557. The number of fused-ring (bicyclic) bond motifs is 1. The highest BCUT2D eigenvalue weighted by Gasteiger charge is 2.31. The van der Waals surface area contributed by atoms with E-state index in [1.165, 1.54) is 0 Å². The smallest absolute Gasteiger partial charge is 0.269 e. The largest absolute Gasteiger partial charge is 0.342 e. The van der Waals surface area contributed by atoms with Crippen LogP contribution in [-0.2, 0) is 5.54 Å². The van der Waals surface area contributed by atoms with Gasteiger partial charge in [-0.1, -0.05) is 67.4 Å². The highest BCUT2D eigenvalue weighted by molar-refractivity contribution is 6.30. The molecule has 0 aliphatic rings. The molecule has 1 atom stereocenters. The first kappa shape index (κ1) is 22.4. The summed E-state index contributed by atoms with van der Waals surface area (Å²) in [6, 6.07) is 20.7. The van der Waals surface area contributed by atoms with E-state index in [-0.39, 0.29) is 5.91 Å². The number of hydrogen-bond donors (Lipinski definition) is 1. The SMILES string of the molecule is CC(C)CC(C)(NC(=O)c1cccc2ncc(-c3ccc(Cl)cc3)n12)c1ccc(Cl)cc1. The molecule has 2 aromatic carbocycles. The molecule has 0 bridgehead atoms. The van der Waals surface area contributed by atoms with Crippen molar-refractivity contribution in [2.45, 2.75) is 32.7 Å². The molecular weight excluding hydrogens is 441 g/mol. The molecule has 2 heterocycles. The average molecular weight is 466 g/mol. The number of aromatic nitrogens is 2. The summed E-state index contributed by atoms with van der Waals surface area (Å²) in [7, 11) is 0. The van der Waals surface area contributed by atoms with Gasteiger partial charge in [-0.2, -0.15) is 0 Å². The van der Waals surface area contributed by atoms with Crippen LogP contribution in [0.3, 0.4) is 0 Å². The molecule has 4 nitrogen and oxygen atoms in total. The average Bonchev–Trinajstić information content (AvgIpc) is 3.18. The molecule has 164 valence electrons. The van der Waals surface area contributed by atoms with Crippen LogP contribution >= 0.6 is 23.2 Å². The molecule has 0 spiro atoms. The topological polar surface area (TPSA) is 46.4 Å². The third kappa shape index (κ3) is 4.52. The van der Waals surface area contributed by atoms with Crippen molar-refractivity contribution < 1.29 is 4.79 Å². The van der Waals surface area contributed by atoms with Gasteiger partial charge in [0.2, 0.25) is 0 Å². The second kappa shape index (κ2) is 8.97. The van der Waals surface area contributed by atoms with Crippen LogP contribution in [-0.4, -0.2) is 15.3 Å². The molecule has 6 heteroatoms. The van der Waals surface area contributed by atoms with Crippen LogP contribution in [0, 0.1) is 5.92 Å². The summed E-state index contributed by atoms with van der Waals surface area (Å²) in [6.07, 6.45) is 2.56. The minimum Gasteiger partial charge on any atom is -0.342 e. The van der Waals surface area contributed by atoms with Crippen LogP contribution in [0.2, 0.25) is 10.0 Å². The monoisotopic (exact) mass is 465 g/mol. The van der Waals surface area contributed by atoms with E-state index >= 15 is 0 Å². The Morgan fingerprint density at radius 1 is 1.00 bits per heavy atom. The van der Waals surface area contributed by atoms with Crippen molar-refractivity contribution in [3.05, 3.63) is 94.2 Å². The number of pyridine rings is 1. The number of halogens is 2. The Labute approximate surface area is 198 Å². The van der Waals surface area contributed by atoms with Gasteiger partial charge in [-0.3, -0.25) is 9.20 Å². The van der Waals surface area contributed by atoms with Crippen molar-refractivity contribution in [1.29, 1.82) is 0 Å². The van der Waals surface area contributed by atoms with Crippen LogP contribution in [0.25, 0.3) is 16.9 Å². The van der Waals surface area contributed by atoms with E-state index < -0.39 is 5.54 Å². The lowest BCUT2D eigenvalue weighted by Gasteiger charge is -2.33. The van der Waals surface area contributed by atoms with Crippen molar-refractivity contribution in [3.8, 4) is 11.3 Å². The first-order chi connectivity index (χ1) is 15.3. The van der Waals surface area contributed by atoms with Gasteiger partial charge in [-0.05, 0) is 61.2 Å². The zero-order valence-corrected chi connectivity index (χ0v) is 19.8. The molecule has 2 aromatic heterocycles. The number of carbonyl (C=O) groups is 1. The predicted octanol–water partition coefficient (Wildman–Crippen LogP) is 7.00. The van der Waals surface area contributed by atoms with E-state index in [0.717, 1.165) is 23.2 Å². The first-order valence-electron chi connectivity index (χ1n) is 10.6. The highest BCUT2D eigenvalue weighted by Crippen LogP contribution is 2.30. The van der Waals surface area contributed by atoms with Crippen molar-refractivity contribution in [2.24, 2.45) is 5.92 Å². The van der Waals surface area contributed by atoms with Crippen molar-refractivity contribution in [1.82, 2.24) is 14.7 Å². The molecule has 0 aliphatic carbocycles. The van der Waals surface area contributed by atoms with Gasteiger partial charge in [0.15, 0.2) is 0 Å². The van der Waals surface area contributed by atoms with Gasteiger partial charge in [0.1, 0.15) is 11.3 Å². The quantitative estimate of drug-likeness (QED) is 0.333. The van der Waals surface area contributed by atoms with Crippen molar-refractivity contribution in [2.75, 3.05) is 0 Å². The second-order valence-corrected chi connectivity index (χ2v) is 9.52. The second-order valence-electron chi connectivity index (χ2n) is 8.65. The van der Waals surface area contributed by atoms with E-state index in [0.29, 0.717) is 27.3 Å².